The lowest BCUT2D eigenvalue weighted by Gasteiger charge is -2.21. The number of anilines is 1. The number of likely N-dealkylation sites (tertiary alicyclic amines) is 1. The number of benzene rings is 1. The number of hydrogen-bond acceptors (Lipinski definition) is 5. The number of nitrogens with zero attached hydrogens (tertiary/aromatic N) is 1. The summed E-state index contributed by atoms with van der Waals surface area (Å²) in [6.45, 7) is 4.63. The summed E-state index contributed by atoms with van der Waals surface area (Å²) in [5.74, 6) is -2.62. The number of carbonyl (C=O) groups is 4. The second-order valence-corrected chi connectivity index (χ2v) is 8.22. The second kappa shape index (κ2) is 8.53. The molecule has 1 saturated carbocycles. The minimum absolute atomic E-state index is 0.310. The van der Waals surface area contributed by atoms with Crippen LogP contribution in [0.1, 0.15) is 43.7 Å². The third kappa shape index (κ3) is 4.29. The normalized spacial score (nSPS) is 22.3. The van der Waals surface area contributed by atoms with Crippen molar-refractivity contribution in [3.63, 3.8) is 0 Å². The number of aryl methyl sites for hydroxylation is 2. The molecule has 8 heteroatoms. The number of ether oxygens (including phenoxy) is 1. The maximum Gasteiger partial charge on any atom is 0.329 e. The van der Waals surface area contributed by atoms with Crippen LogP contribution in [-0.2, 0) is 23.9 Å². The molecular weight excluding hydrogens is 396 g/mol. The van der Waals surface area contributed by atoms with E-state index in [4.69, 9.17) is 16.3 Å². The zero-order valence-corrected chi connectivity index (χ0v) is 17.5. The first-order valence-electron chi connectivity index (χ1n) is 9.81. The van der Waals surface area contributed by atoms with E-state index in [-0.39, 0.29) is 23.7 Å². The number of hydrogen-bond donors (Lipinski definition) is 1. The monoisotopic (exact) mass is 420 g/mol. The van der Waals surface area contributed by atoms with Gasteiger partial charge >= 0.3 is 5.97 Å². The third-order valence-corrected chi connectivity index (χ3v) is 5.94. The Morgan fingerprint density at radius 1 is 1.17 bits per heavy atom. The van der Waals surface area contributed by atoms with E-state index in [2.05, 4.69) is 5.32 Å². The summed E-state index contributed by atoms with van der Waals surface area (Å²) < 4.78 is 5.06. The van der Waals surface area contributed by atoms with Gasteiger partial charge in [0.2, 0.25) is 11.8 Å². The second-order valence-electron chi connectivity index (χ2n) is 7.81. The summed E-state index contributed by atoms with van der Waals surface area (Å²) in [5.41, 5.74) is 2.21. The van der Waals surface area contributed by atoms with Crippen LogP contribution in [0.5, 0.6) is 0 Å². The quantitative estimate of drug-likeness (QED) is 0.583. The Balaban J connectivity index is 1.58. The van der Waals surface area contributed by atoms with Crippen LogP contribution in [0.15, 0.2) is 12.1 Å². The maximum atomic E-state index is 12.6. The molecule has 1 N–H and O–H groups in total. The van der Waals surface area contributed by atoms with Crippen LogP contribution in [0.25, 0.3) is 0 Å². The topological polar surface area (TPSA) is 92.8 Å². The van der Waals surface area contributed by atoms with Crippen LogP contribution in [0.3, 0.4) is 0 Å². The molecule has 0 bridgehead atoms. The van der Waals surface area contributed by atoms with Crippen molar-refractivity contribution in [1.29, 1.82) is 0 Å². The van der Waals surface area contributed by atoms with Gasteiger partial charge in [0.15, 0.2) is 6.61 Å². The number of imide groups is 1. The Morgan fingerprint density at radius 2 is 1.76 bits per heavy atom. The first-order valence-corrected chi connectivity index (χ1v) is 10.2. The molecule has 2 aliphatic rings. The van der Waals surface area contributed by atoms with E-state index in [1.807, 2.05) is 19.9 Å². The van der Waals surface area contributed by atoms with E-state index in [9.17, 15) is 19.2 Å². The van der Waals surface area contributed by atoms with Crippen LogP contribution in [-0.4, -0.2) is 41.2 Å². The van der Waals surface area contributed by atoms with E-state index in [1.54, 1.807) is 6.07 Å². The largest absolute Gasteiger partial charge is 0.454 e. The summed E-state index contributed by atoms with van der Waals surface area (Å²) >= 11 is 6.17. The molecule has 0 unspecified atom stereocenters. The molecule has 3 amide bonds. The molecular formula is C21H25ClN2O5. The average Bonchev–Trinajstić information content (AvgIpc) is 2.93. The van der Waals surface area contributed by atoms with Crippen molar-refractivity contribution in [3.05, 3.63) is 28.3 Å². The number of halogens is 1. The third-order valence-electron chi connectivity index (χ3n) is 5.65. The molecule has 3 atom stereocenters. The minimum Gasteiger partial charge on any atom is -0.454 e. The summed E-state index contributed by atoms with van der Waals surface area (Å²) in [6.07, 6.45) is 3.17. The fourth-order valence-corrected chi connectivity index (χ4v) is 4.55. The fraction of sp³-hybridized carbons (Fsp3) is 0.524. The van der Waals surface area contributed by atoms with E-state index in [0.717, 1.165) is 28.9 Å². The van der Waals surface area contributed by atoms with E-state index in [0.29, 0.717) is 23.6 Å². The summed E-state index contributed by atoms with van der Waals surface area (Å²) in [6, 6.07) is 2.54. The van der Waals surface area contributed by atoms with Gasteiger partial charge in [-0.05, 0) is 50.8 Å². The van der Waals surface area contributed by atoms with Gasteiger partial charge in [0.1, 0.15) is 6.04 Å². The Labute approximate surface area is 174 Å². The van der Waals surface area contributed by atoms with Gasteiger partial charge in [-0.1, -0.05) is 30.5 Å². The highest BCUT2D eigenvalue weighted by Gasteiger charge is 2.51. The Bertz CT molecular complexity index is 822. The van der Waals surface area contributed by atoms with Crippen molar-refractivity contribution in [2.24, 2.45) is 11.8 Å². The van der Waals surface area contributed by atoms with Gasteiger partial charge < -0.3 is 10.1 Å². The number of amides is 3. The van der Waals surface area contributed by atoms with E-state index in [1.165, 1.54) is 6.92 Å². The zero-order valence-electron chi connectivity index (χ0n) is 16.8. The van der Waals surface area contributed by atoms with Gasteiger partial charge in [-0.3, -0.25) is 19.3 Å². The molecule has 1 heterocycles. The molecule has 3 rings (SSSR count). The Morgan fingerprint density at radius 3 is 2.31 bits per heavy atom. The number of fused-ring (bicyclic) bond motifs is 1. The minimum atomic E-state index is -1.06. The van der Waals surface area contributed by atoms with Crippen LogP contribution in [0.4, 0.5) is 5.69 Å². The van der Waals surface area contributed by atoms with Crippen LogP contribution in [0, 0.1) is 25.7 Å². The number of carbonyl (C=O) groups excluding carboxylic acids is 4. The number of nitrogens with one attached hydrogen (secondary N) is 1. The van der Waals surface area contributed by atoms with Crippen molar-refractivity contribution in [2.75, 3.05) is 11.9 Å². The van der Waals surface area contributed by atoms with Crippen LogP contribution in [0.2, 0.25) is 5.02 Å². The molecule has 7 nitrogen and oxygen atoms in total. The van der Waals surface area contributed by atoms with Crippen molar-refractivity contribution in [3.8, 4) is 0 Å². The standard InChI is InChI=1S/C21H25ClN2O5/c1-11-8-12(2)18(16(22)9-11)23-17(25)10-29-21(28)13(3)24-19(26)14-6-4-5-7-15(14)20(24)27/h8-9,13-15H,4-7,10H2,1-3H3,(H,23,25)/t13-,14-,15-/m0/s1. The first kappa shape index (κ1) is 21.3. The molecule has 2 fully saturated rings. The smallest absolute Gasteiger partial charge is 0.329 e. The number of rotatable bonds is 5. The average molecular weight is 421 g/mol. The Kier molecular flexibility index (Phi) is 6.27. The molecule has 156 valence electrons. The first-order chi connectivity index (χ1) is 13.7. The molecule has 0 spiro atoms. The molecule has 29 heavy (non-hydrogen) atoms. The fourth-order valence-electron chi connectivity index (χ4n) is 4.18. The van der Waals surface area contributed by atoms with Gasteiger partial charge in [-0.15, -0.1) is 0 Å². The molecule has 1 aliphatic heterocycles. The lowest BCUT2D eigenvalue weighted by molar-refractivity contribution is -0.159. The van der Waals surface area contributed by atoms with Crippen molar-refractivity contribution in [1.82, 2.24) is 4.90 Å². The summed E-state index contributed by atoms with van der Waals surface area (Å²) in [7, 11) is 0. The molecule has 0 radical (unpaired) electrons. The van der Waals surface area contributed by atoms with E-state index < -0.39 is 24.5 Å². The molecule has 0 aromatic heterocycles. The molecule has 1 aliphatic carbocycles. The highest BCUT2D eigenvalue weighted by molar-refractivity contribution is 6.34. The highest BCUT2D eigenvalue weighted by Crippen LogP contribution is 2.39. The Hall–Kier alpha value is -2.41. The zero-order chi connectivity index (χ0) is 21.3. The van der Waals surface area contributed by atoms with Crippen molar-refractivity contribution >= 4 is 41.0 Å². The SMILES string of the molecule is Cc1cc(C)c(NC(=O)COC(=O)[C@H](C)N2C(=O)[C@H]3CCCC[C@@H]3C2=O)c(Cl)c1. The lowest BCUT2D eigenvalue weighted by Crippen LogP contribution is -2.45. The molecule has 1 aromatic rings. The highest BCUT2D eigenvalue weighted by atomic mass is 35.5. The van der Waals surface area contributed by atoms with E-state index >= 15 is 0 Å². The predicted octanol–water partition coefficient (Wildman–Crippen LogP) is 3.00. The van der Waals surface area contributed by atoms with Crippen molar-refractivity contribution in [2.45, 2.75) is 52.5 Å². The lowest BCUT2D eigenvalue weighted by atomic mass is 9.81. The predicted molar refractivity (Wildman–Crippen MR) is 107 cm³/mol. The van der Waals surface area contributed by atoms with Crippen molar-refractivity contribution < 1.29 is 23.9 Å². The van der Waals surface area contributed by atoms with Gasteiger partial charge in [-0.25, -0.2) is 4.79 Å². The van der Waals surface area contributed by atoms with Gasteiger partial charge in [0.05, 0.1) is 22.5 Å². The summed E-state index contributed by atoms with van der Waals surface area (Å²) in [4.78, 5) is 50.8. The molecule has 1 saturated heterocycles. The summed E-state index contributed by atoms with van der Waals surface area (Å²) in [5, 5.41) is 3.03. The van der Waals surface area contributed by atoms with Crippen LogP contribution < -0.4 is 5.32 Å². The number of esters is 1. The van der Waals surface area contributed by atoms with Gasteiger partial charge in [0.25, 0.3) is 5.91 Å². The van der Waals surface area contributed by atoms with Crippen LogP contribution >= 0.6 is 11.6 Å². The molecule has 1 aromatic carbocycles. The van der Waals surface area contributed by atoms with Gasteiger partial charge in [0, 0.05) is 0 Å². The van der Waals surface area contributed by atoms with Gasteiger partial charge in [-0.2, -0.15) is 0 Å². The maximum absolute atomic E-state index is 12.6.